The van der Waals surface area contributed by atoms with Gasteiger partial charge in [0, 0.05) is 21.8 Å². The van der Waals surface area contributed by atoms with E-state index in [0.29, 0.717) is 16.5 Å². The first kappa shape index (κ1) is 18.2. The van der Waals surface area contributed by atoms with E-state index in [1.807, 2.05) is 51.1 Å². The zero-order valence-corrected chi connectivity index (χ0v) is 15.8. The molecule has 4 heteroatoms. The van der Waals surface area contributed by atoms with Crippen molar-refractivity contribution in [2.45, 2.75) is 20.8 Å². The van der Waals surface area contributed by atoms with E-state index in [-0.39, 0.29) is 5.82 Å². The lowest BCUT2D eigenvalue weighted by molar-refractivity contribution is 0.627. The lowest BCUT2D eigenvalue weighted by Gasteiger charge is -2.16. The number of aromatic nitrogens is 1. The van der Waals surface area contributed by atoms with E-state index < -0.39 is 0 Å². The lowest BCUT2D eigenvalue weighted by Crippen LogP contribution is -2.05. The Hall–Kier alpha value is -2.65. The van der Waals surface area contributed by atoms with Crippen molar-refractivity contribution in [2.24, 2.45) is 0 Å². The fourth-order valence-electron chi connectivity index (χ4n) is 2.79. The lowest BCUT2D eigenvalue weighted by atomic mass is 10.0. The van der Waals surface area contributed by atoms with Crippen LogP contribution in [0.3, 0.4) is 0 Å². The molecule has 0 unspecified atom stereocenters. The zero-order valence-electron chi connectivity index (χ0n) is 15.0. The first-order valence-corrected chi connectivity index (χ1v) is 8.70. The Bertz CT molecular complexity index is 995. The third-order valence-corrected chi connectivity index (χ3v) is 4.81. The van der Waals surface area contributed by atoms with E-state index in [4.69, 9.17) is 16.6 Å². The average Bonchev–Trinajstić information content (AvgIpc) is 2.61. The third kappa shape index (κ3) is 3.63. The van der Waals surface area contributed by atoms with Crippen molar-refractivity contribution >= 4 is 23.1 Å². The molecule has 1 N–H and O–H groups in total. The van der Waals surface area contributed by atoms with Crippen LogP contribution < -0.4 is 5.32 Å². The monoisotopic (exact) mass is 366 g/mol. The largest absolute Gasteiger partial charge is 0.340 e. The van der Waals surface area contributed by atoms with E-state index in [2.05, 4.69) is 11.9 Å². The van der Waals surface area contributed by atoms with Gasteiger partial charge < -0.3 is 5.32 Å². The van der Waals surface area contributed by atoms with Crippen molar-refractivity contribution in [1.82, 2.24) is 4.98 Å². The minimum atomic E-state index is -0.292. The van der Waals surface area contributed by atoms with E-state index in [0.717, 1.165) is 33.5 Å². The van der Waals surface area contributed by atoms with Gasteiger partial charge in [0.15, 0.2) is 0 Å². The molecule has 0 fully saturated rings. The van der Waals surface area contributed by atoms with E-state index >= 15 is 0 Å². The summed E-state index contributed by atoms with van der Waals surface area (Å²) < 4.78 is 13.6. The minimum absolute atomic E-state index is 0.292. The Morgan fingerprint density at radius 3 is 2.50 bits per heavy atom. The molecule has 26 heavy (non-hydrogen) atoms. The molecule has 3 aromatic rings. The van der Waals surface area contributed by atoms with Crippen LogP contribution in [-0.4, -0.2) is 4.98 Å². The number of rotatable bonds is 4. The van der Waals surface area contributed by atoms with Gasteiger partial charge in [-0.3, -0.25) is 0 Å². The highest BCUT2D eigenvalue weighted by Crippen LogP contribution is 2.31. The third-order valence-electron chi connectivity index (χ3n) is 4.48. The van der Waals surface area contributed by atoms with Crippen molar-refractivity contribution in [3.63, 3.8) is 0 Å². The second kappa shape index (κ2) is 7.30. The van der Waals surface area contributed by atoms with Crippen molar-refractivity contribution in [1.29, 1.82) is 0 Å². The van der Waals surface area contributed by atoms with E-state index in [1.165, 1.54) is 12.1 Å². The molecule has 0 atom stereocenters. The minimum Gasteiger partial charge on any atom is -0.340 e. The van der Waals surface area contributed by atoms with E-state index in [1.54, 1.807) is 6.07 Å². The van der Waals surface area contributed by atoms with Crippen molar-refractivity contribution < 1.29 is 4.39 Å². The summed E-state index contributed by atoms with van der Waals surface area (Å²) in [6.07, 6.45) is 0. The molecule has 0 bridgehead atoms. The number of halogens is 2. The smallest absolute Gasteiger partial charge is 0.134 e. The molecule has 3 rings (SSSR count). The Kier molecular flexibility index (Phi) is 5.10. The maximum Gasteiger partial charge on any atom is 0.134 e. The number of nitrogens with zero attached hydrogens (tertiary/aromatic N) is 1. The summed E-state index contributed by atoms with van der Waals surface area (Å²) in [4.78, 5) is 4.73. The fraction of sp³-hybridized carbons (Fsp3) is 0.136. The molecule has 0 amide bonds. The number of hydrogen-bond donors (Lipinski definition) is 1. The number of benzene rings is 2. The predicted molar refractivity (Wildman–Crippen MR) is 108 cm³/mol. The highest BCUT2D eigenvalue weighted by molar-refractivity contribution is 6.33. The molecule has 2 aromatic carbocycles. The molecule has 0 aliphatic carbocycles. The summed E-state index contributed by atoms with van der Waals surface area (Å²) in [5.74, 6) is 0.396. The second-order valence-corrected chi connectivity index (χ2v) is 6.75. The average molecular weight is 367 g/mol. The molecular weight excluding hydrogens is 347 g/mol. The van der Waals surface area contributed by atoms with Crippen LogP contribution in [0.25, 0.3) is 17.0 Å². The van der Waals surface area contributed by atoms with Gasteiger partial charge in [-0.2, -0.15) is 0 Å². The van der Waals surface area contributed by atoms with Crippen molar-refractivity contribution in [3.8, 4) is 11.3 Å². The molecule has 0 spiro atoms. The van der Waals surface area contributed by atoms with Gasteiger partial charge in [0.1, 0.15) is 11.6 Å². The molecule has 0 radical (unpaired) electrons. The number of anilines is 1. The SMILES string of the molecule is C=C(Nc1nc(-c2ccccc2Cl)cc(C)c1C)c1cc(F)ccc1C. The quantitative estimate of drug-likeness (QED) is 0.566. The Labute approximate surface area is 158 Å². The first-order chi connectivity index (χ1) is 12.4. The van der Waals surface area contributed by atoms with Gasteiger partial charge in [0.05, 0.1) is 5.69 Å². The van der Waals surface area contributed by atoms with Gasteiger partial charge in [-0.25, -0.2) is 9.37 Å². The number of aryl methyl sites for hydroxylation is 2. The maximum atomic E-state index is 13.6. The van der Waals surface area contributed by atoms with Crippen LogP contribution in [0.2, 0.25) is 5.02 Å². The molecule has 0 aliphatic rings. The standard InChI is InChI=1S/C22H20ClFN2/c1-13-9-10-17(24)12-19(13)16(4)25-22-15(3)14(2)11-21(26-22)18-7-5-6-8-20(18)23/h5-12H,4H2,1-3H3,(H,25,26). The Morgan fingerprint density at radius 2 is 1.77 bits per heavy atom. The van der Waals surface area contributed by atoms with Gasteiger partial charge in [-0.05, 0) is 61.7 Å². The van der Waals surface area contributed by atoms with E-state index in [9.17, 15) is 4.39 Å². The molecule has 132 valence electrons. The van der Waals surface area contributed by atoms with Crippen LogP contribution >= 0.6 is 11.6 Å². The predicted octanol–water partition coefficient (Wildman–Crippen LogP) is 6.55. The zero-order chi connectivity index (χ0) is 18.8. The number of nitrogens with one attached hydrogen (secondary N) is 1. The van der Waals surface area contributed by atoms with Crippen LogP contribution in [0.4, 0.5) is 10.2 Å². The topological polar surface area (TPSA) is 24.9 Å². The molecular formula is C22H20ClFN2. The van der Waals surface area contributed by atoms with Gasteiger partial charge in [-0.15, -0.1) is 0 Å². The van der Waals surface area contributed by atoms with Crippen LogP contribution in [0, 0.1) is 26.6 Å². The Balaban J connectivity index is 2.01. The molecule has 1 heterocycles. The Morgan fingerprint density at radius 1 is 1.04 bits per heavy atom. The van der Waals surface area contributed by atoms with Gasteiger partial charge in [0.25, 0.3) is 0 Å². The number of hydrogen-bond acceptors (Lipinski definition) is 2. The molecule has 0 aliphatic heterocycles. The van der Waals surface area contributed by atoms with Crippen LogP contribution in [-0.2, 0) is 0 Å². The van der Waals surface area contributed by atoms with Gasteiger partial charge in [-0.1, -0.05) is 42.4 Å². The van der Waals surface area contributed by atoms with Crippen LogP contribution in [0.5, 0.6) is 0 Å². The van der Waals surface area contributed by atoms with Gasteiger partial charge >= 0.3 is 0 Å². The maximum absolute atomic E-state index is 13.6. The summed E-state index contributed by atoms with van der Waals surface area (Å²) in [5, 5.41) is 3.90. The summed E-state index contributed by atoms with van der Waals surface area (Å²) in [6, 6.07) is 14.3. The number of pyridine rings is 1. The van der Waals surface area contributed by atoms with Crippen molar-refractivity contribution in [2.75, 3.05) is 5.32 Å². The highest BCUT2D eigenvalue weighted by Gasteiger charge is 2.12. The molecule has 0 saturated carbocycles. The fourth-order valence-corrected chi connectivity index (χ4v) is 3.03. The summed E-state index contributed by atoms with van der Waals surface area (Å²) >= 11 is 6.32. The van der Waals surface area contributed by atoms with Crippen LogP contribution in [0.1, 0.15) is 22.3 Å². The van der Waals surface area contributed by atoms with Crippen molar-refractivity contribution in [3.05, 3.63) is 88.2 Å². The highest BCUT2D eigenvalue weighted by atomic mass is 35.5. The van der Waals surface area contributed by atoms with Crippen LogP contribution in [0.15, 0.2) is 55.1 Å². The summed E-state index contributed by atoms with van der Waals surface area (Å²) in [5.41, 5.74) is 6.02. The van der Waals surface area contributed by atoms with Gasteiger partial charge in [0.2, 0.25) is 0 Å². The molecule has 2 nitrogen and oxygen atoms in total. The normalized spacial score (nSPS) is 10.7. The molecule has 1 aromatic heterocycles. The first-order valence-electron chi connectivity index (χ1n) is 8.32. The second-order valence-electron chi connectivity index (χ2n) is 6.34. The summed E-state index contributed by atoms with van der Waals surface area (Å²) in [7, 11) is 0. The summed E-state index contributed by atoms with van der Waals surface area (Å²) in [6.45, 7) is 10.0. The molecule has 0 saturated heterocycles.